The molecule has 304 valence electrons. The van der Waals surface area contributed by atoms with Crippen LogP contribution in [0.4, 0.5) is 0 Å². The number of carbonyl (C=O) groups is 2. The van der Waals surface area contributed by atoms with Gasteiger partial charge in [0.1, 0.15) is 5.54 Å². The molecule has 0 spiro atoms. The normalized spacial score (nSPS) is 11.3. The van der Waals surface area contributed by atoms with Crippen molar-refractivity contribution < 1.29 is 23.8 Å². The van der Waals surface area contributed by atoms with Crippen LogP contribution in [0.25, 0.3) is 22.5 Å². The first-order valence-corrected chi connectivity index (χ1v) is 20.5. The van der Waals surface area contributed by atoms with Gasteiger partial charge in [0.15, 0.2) is 11.7 Å². The Labute approximate surface area is 355 Å². The summed E-state index contributed by atoms with van der Waals surface area (Å²) in [6.07, 6.45) is 0.613. The number of hydrogen-bond donors (Lipinski definition) is 0. The smallest absolute Gasteiger partial charge is 0.325 e. The number of aromatic nitrogens is 6. The van der Waals surface area contributed by atoms with Crippen LogP contribution in [-0.4, -0.2) is 61.7 Å². The molecule has 0 atom stereocenters. The molecule has 2 aromatic heterocycles. The zero-order valence-electron chi connectivity index (χ0n) is 33.4. The van der Waals surface area contributed by atoms with Crippen LogP contribution in [0, 0.1) is 0 Å². The van der Waals surface area contributed by atoms with E-state index in [1.165, 1.54) is 4.68 Å². The van der Waals surface area contributed by atoms with E-state index in [-0.39, 0.29) is 42.3 Å². The minimum absolute atomic E-state index is 0.0232. The highest BCUT2D eigenvalue weighted by atomic mass is 79.9. The van der Waals surface area contributed by atoms with Crippen LogP contribution in [0.2, 0.25) is 0 Å². The van der Waals surface area contributed by atoms with Gasteiger partial charge in [0, 0.05) is 5.56 Å². The van der Waals surface area contributed by atoms with Crippen LogP contribution < -0.4 is 10.3 Å². The fourth-order valence-corrected chi connectivity index (χ4v) is 7.96. The summed E-state index contributed by atoms with van der Waals surface area (Å²) in [5, 5.41) is 18.2. The molecule has 0 N–H and O–H groups in total. The highest BCUT2D eigenvalue weighted by Gasteiger charge is 2.42. The Morgan fingerprint density at radius 1 is 0.700 bits per heavy atom. The number of nitrogens with zero attached hydrogens (tertiary/aromatic N) is 6. The quantitative estimate of drug-likeness (QED) is 0.0530. The van der Waals surface area contributed by atoms with E-state index in [2.05, 4.69) is 67.7 Å². The van der Waals surface area contributed by atoms with Gasteiger partial charge in [-0.3, -0.25) is 14.4 Å². The largest absolute Gasteiger partial charge is 0.476 e. The monoisotopic (exact) mass is 866 g/mol. The van der Waals surface area contributed by atoms with Crippen LogP contribution in [0.5, 0.6) is 5.88 Å². The Kier molecular flexibility index (Phi) is 13.0. The molecular weight excluding hydrogens is 824 g/mol. The van der Waals surface area contributed by atoms with E-state index < -0.39 is 29.0 Å². The summed E-state index contributed by atoms with van der Waals surface area (Å²) < 4.78 is 19.5. The first-order chi connectivity index (χ1) is 29.3. The zero-order valence-corrected chi connectivity index (χ0v) is 35.0. The van der Waals surface area contributed by atoms with Crippen LogP contribution in [0.1, 0.15) is 60.9 Å². The van der Waals surface area contributed by atoms with E-state index in [1.54, 1.807) is 13.8 Å². The minimum atomic E-state index is -1.57. The lowest BCUT2D eigenvalue weighted by Gasteiger charge is -2.36. The average molecular weight is 868 g/mol. The number of esters is 2. The van der Waals surface area contributed by atoms with Crippen molar-refractivity contribution in [2.24, 2.45) is 0 Å². The van der Waals surface area contributed by atoms with Gasteiger partial charge >= 0.3 is 11.9 Å². The molecule has 7 aromatic rings. The molecule has 0 saturated carbocycles. The lowest BCUT2D eigenvalue weighted by atomic mass is 9.77. The molecule has 5 aromatic carbocycles. The fraction of sp³-hybridized carbons (Fsp3) is 0.213. The van der Waals surface area contributed by atoms with Gasteiger partial charge in [-0.05, 0) is 80.0 Å². The van der Waals surface area contributed by atoms with Crippen molar-refractivity contribution in [3.8, 4) is 28.4 Å². The number of ether oxygens (including phenoxy) is 3. The molecule has 0 amide bonds. The Balaban J connectivity index is 1.29. The van der Waals surface area contributed by atoms with Crippen LogP contribution in [0.15, 0.2) is 149 Å². The maximum absolute atomic E-state index is 13.8. The van der Waals surface area contributed by atoms with Crippen molar-refractivity contribution in [2.45, 2.75) is 45.2 Å². The molecule has 0 aliphatic carbocycles. The van der Waals surface area contributed by atoms with Crippen molar-refractivity contribution >= 4 is 27.9 Å². The van der Waals surface area contributed by atoms with Crippen molar-refractivity contribution in [2.75, 3.05) is 19.8 Å². The standard InChI is InChI=1S/C47H43BrN6O6/c1-4-30-60-43-39(40(45(56)58-5-2)46(57)59-6-3)41(48)44(55)53(50-43)31-32-26-28-33(29-27-32)37-24-16-17-25-38(37)42-49-51-52-54(42)47(34-18-10-7-11-19-34,35-20-12-8-13-21-35)36-22-14-9-15-23-36/h7-29,40H,4-6,30-31H2,1-3H3. The number of carbonyl (C=O) groups excluding carboxylic acids is 2. The van der Waals surface area contributed by atoms with Crippen molar-refractivity contribution in [1.29, 1.82) is 0 Å². The Morgan fingerprint density at radius 2 is 1.22 bits per heavy atom. The molecule has 0 aliphatic heterocycles. The molecule has 2 heterocycles. The Hall–Kier alpha value is -6.73. The molecule has 7 rings (SSSR count). The highest BCUT2D eigenvalue weighted by molar-refractivity contribution is 9.10. The van der Waals surface area contributed by atoms with E-state index in [0.717, 1.165) is 38.9 Å². The molecule has 0 aliphatic rings. The van der Waals surface area contributed by atoms with Crippen LogP contribution >= 0.6 is 15.9 Å². The molecule has 0 radical (unpaired) electrons. The van der Waals surface area contributed by atoms with Crippen LogP contribution in [-0.2, 0) is 31.1 Å². The summed E-state index contributed by atoms with van der Waals surface area (Å²) in [7, 11) is 0. The molecule has 60 heavy (non-hydrogen) atoms. The number of hydrogen-bond acceptors (Lipinski definition) is 10. The second-order valence-corrected chi connectivity index (χ2v) is 14.5. The van der Waals surface area contributed by atoms with Gasteiger partial charge in [0.2, 0.25) is 5.88 Å². The third-order valence-electron chi connectivity index (χ3n) is 10.0. The minimum Gasteiger partial charge on any atom is -0.476 e. The number of halogens is 1. The second kappa shape index (κ2) is 18.9. The summed E-state index contributed by atoms with van der Waals surface area (Å²) in [6, 6.07) is 46.5. The summed E-state index contributed by atoms with van der Waals surface area (Å²) in [6.45, 7) is 5.50. The Morgan fingerprint density at radius 3 is 1.73 bits per heavy atom. The number of benzene rings is 5. The first kappa shape index (κ1) is 41.4. The zero-order chi connectivity index (χ0) is 42.1. The molecule has 0 saturated heterocycles. The number of rotatable bonds is 16. The second-order valence-electron chi connectivity index (χ2n) is 13.7. The van der Waals surface area contributed by atoms with Gasteiger partial charge in [-0.25, -0.2) is 9.36 Å². The summed E-state index contributed by atoms with van der Waals surface area (Å²) in [4.78, 5) is 40.0. The van der Waals surface area contributed by atoms with E-state index >= 15 is 0 Å². The third-order valence-corrected chi connectivity index (χ3v) is 10.8. The van der Waals surface area contributed by atoms with E-state index in [0.29, 0.717) is 12.2 Å². The van der Waals surface area contributed by atoms with Crippen molar-refractivity contribution in [3.63, 3.8) is 0 Å². The molecule has 0 unspecified atom stereocenters. The van der Waals surface area contributed by atoms with Crippen molar-refractivity contribution in [3.05, 3.63) is 182 Å². The molecule has 12 nitrogen and oxygen atoms in total. The van der Waals surface area contributed by atoms with E-state index in [1.807, 2.05) is 115 Å². The highest BCUT2D eigenvalue weighted by Crippen LogP contribution is 2.43. The van der Waals surface area contributed by atoms with E-state index in [9.17, 15) is 14.4 Å². The lowest BCUT2D eigenvalue weighted by Crippen LogP contribution is -2.39. The maximum Gasteiger partial charge on any atom is 0.325 e. The predicted octanol–water partition coefficient (Wildman–Crippen LogP) is 8.21. The summed E-state index contributed by atoms with van der Waals surface area (Å²) in [5.74, 6) is -2.79. The van der Waals surface area contributed by atoms with Crippen LogP contribution in [0.3, 0.4) is 0 Å². The predicted molar refractivity (Wildman–Crippen MR) is 230 cm³/mol. The van der Waals surface area contributed by atoms with Gasteiger partial charge in [-0.2, -0.15) is 0 Å². The van der Waals surface area contributed by atoms with Gasteiger partial charge in [0.25, 0.3) is 5.56 Å². The van der Waals surface area contributed by atoms with Gasteiger partial charge in [0.05, 0.1) is 36.4 Å². The first-order valence-electron chi connectivity index (χ1n) is 19.7. The third kappa shape index (κ3) is 8.13. The molecule has 0 bridgehead atoms. The number of tetrazole rings is 1. The lowest BCUT2D eigenvalue weighted by molar-refractivity contribution is -0.157. The van der Waals surface area contributed by atoms with E-state index in [4.69, 9.17) is 19.4 Å². The molecular formula is C47H43BrN6O6. The van der Waals surface area contributed by atoms with Gasteiger partial charge < -0.3 is 14.2 Å². The average Bonchev–Trinajstić information content (AvgIpc) is 3.77. The SMILES string of the molecule is CCCOc1nn(Cc2ccc(-c3ccccc3-c3nnnn3C(c3ccccc3)(c3ccccc3)c3ccccc3)cc2)c(=O)c(Br)c1C(C(=O)OCC)C(=O)OCC. The fourth-order valence-electron chi connectivity index (χ4n) is 7.36. The summed E-state index contributed by atoms with van der Waals surface area (Å²) in [5.41, 5.74) is 4.80. The van der Waals surface area contributed by atoms with Gasteiger partial charge in [-0.15, -0.1) is 10.2 Å². The maximum atomic E-state index is 13.8. The van der Waals surface area contributed by atoms with Gasteiger partial charge in [-0.1, -0.05) is 146 Å². The molecule has 13 heteroatoms. The molecule has 0 fully saturated rings. The Bertz CT molecular complexity index is 2500. The topological polar surface area (TPSA) is 140 Å². The van der Waals surface area contributed by atoms with Crippen molar-refractivity contribution in [1.82, 2.24) is 30.0 Å². The summed E-state index contributed by atoms with van der Waals surface area (Å²) >= 11 is 3.37.